The summed E-state index contributed by atoms with van der Waals surface area (Å²) >= 11 is 0. The van der Waals surface area contributed by atoms with Gasteiger partial charge in [-0.15, -0.1) is 0 Å². The molecular formula is C23H23N3O2. The van der Waals surface area contributed by atoms with Gasteiger partial charge >= 0.3 is 0 Å². The van der Waals surface area contributed by atoms with E-state index < -0.39 is 0 Å². The van der Waals surface area contributed by atoms with Gasteiger partial charge in [-0.1, -0.05) is 42.5 Å². The number of benzene rings is 2. The van der Waals surface area contributed by atoms with Crippen molar-refractivity contribution in [1.29, 1.82) is 0 Å². The third-order valence-electron chi connectivity index (χ3n) is 4.34. The number of hydrogen-bond donors (Lipinski definition) is 2. The number of amides is 1. The fourth-order valence-electron chi connectivity index (χ4n) is 2.81. The highest BCUT2D eigenvalue weighted by atomic mass is 16.1. The van der Waals surface area contributed by atoms with Crippen molar-refractivity contribution in [3.8, 4) is 0 Å². The monoisotopic (exact) mass is 373 g/mol. The smallest absolute Gasteiger partial charge is 0.252 e. The van der Waals surface area contributed by atoms with Gasteiger partial charge in [0, 0.05) is 24.0 Å². The van der Waals surface area contributed by atoms with Gasteiger partial charge in [0.15, 0.2) is 5.78 Å². The van der Waals surface area contributed by atoms with E-state index in [1.54, 1.807) is 30.5 Å². The van der Waals surface area contributed by atoms with Gasteiger partial charge in [-0.25, -0.2) is 4.98 Å². The van der Waals surface area contributed by atoms with E-state index >= 15 is 0 Å². The normalized spacial score (nSPS) is 10.3. The number of pyridine rings is 1. The number of aryl methyl sites for hydroxylation is 1. The van der Waals surface area contributed by atoms with Crippen LogP contribution >= 0.6 is 0 Å². The Hall–Kier alpha value is -3.47. The minimum absolute atomic E-state index is 0.0101. The predicted molar refractivity (Wildman–Crippen MR) is 111 cm³/mol. The first kappa shape index (κ1) is 19.3. The van der Waals surface area contributed by atoms with Crippen LogP contribution < -0.4 is 10.6 Å². The van der Waals surface area contributed by atoms with Crippen molar-refractivity contribution < 1.29 is 9.59 Å². The average Bonchev–Trinajstić information content (AvgIpc) is 2.72. The largest absolute Gasteiger partial charge is 0.352 e. The molecule has 5 heteroatoms. The number of aromatic nitrogens is 1. The Morgan fingerprint density at radius 1 is 0.929 bits per heavy atom. The zero-order chi connectivity index (χ0) is 19.8. The average molecular weight is 373 g/mol. The van der Waals surface area contributed by atoms with E-state index in [0.717, 1.165) is 18.5 Å². The van der Waals surface area contributed by atoms with E-state index in [0.29, 0.717) is 23.5 Å². The molecule has 5 nitrogen and oxygen atoms in total. The second-order valence-electron chi connectivity index (χ2n) is 6.54. The number of nitrogens with one attached hydrogen (secondary N) is 2. The van der Waals surface area contributed by atoms with Crippen molar-refractivity contribution >= 4 is 23.2 Å². The molecule has 0 atom stereocenters. The Morgan fingerprint density at radius 2 is 1.75 bits per heavy atom. The molecule has 0 unspecified atom stereocenters. The summed E-state index contributed by atoms with van der Waals surface area (Å²) in [5.41, 5.74) is 3.19. The molecule has 0 saturated heterocycles. The molecule has 0 saturated carbocycles. The highest BCUT2D eigenvalue weighted by Crippen LogP contribution is 2.16. The van der Waals surface area contributed by atoms with Gasteiger partial charge in [0.2, 0.25) is 0 Å². The Morgan fingerprint density at radius 3 is 2.46 bits per heavy atom. The van der Waals surface area contributed by atoms with Crippen molar-refractivity contribution in [2.75, 3.05) is 11.9 Å². The Bertz CT molecular complexity index is 938. The second kappa shape index (κ2) is 9.46. The molecule has 0 aliphatic carbocycles. The standard InChI is InChI=1S/C23H23N3O2/c1-17(27)19-10-5-11-21(15-19)26-22-13-12-20(16-25-22)23(28)24-14-6-9-18-7-3-2-4-8-18/h2-5,7-8,10-13,15-16H,6,9,14H2,1H3,(H,24,28)(H,25,26). The molecule has 3 rings (SSSR count). The third kappa shape index (κ3) is 5.51. The van der Waals surface area contributed by atoms with Gasteiger partial charge in [0.1, 0.15) is 5.82 Å². The minimum Gasteiger partial charge on any atom is -0.352 e. The van der Waals surface area contributed by atoms with Crippen LogP contribution in [0, 0.1) is 0 Å². The van der Waals surface area contributed by atoms with Crippen LogP contribution in [0.4, 0.5) is 11.5 Å². The van der Waals surface area contributed by atoms with E-state index in [1.807, 2.05) is 30.3 Å². The van der Waals surface area contributed by atoms with Crippen LogP contribution in [0.3, 0.4) is 0 Å². The summed E-state index contributed by atoms with van der Waals surface area (Å²) in [7, 11) is 0. The first-order chi connectivity index (χ1) is 13.6. The van der Waals surface area contributed by atoms with Gasteiger partial charge in [-0.05, 0) is 49.6 Å². The Labute approximate surface area is 164 Å². The van der Waals surface area contributed by atoms with Crippen molar-refractivity contribution in [3.63, 3.8) is 0 Å². The summed E-state index contributed by atoms with van der Waals surface area (Å²) in [4.78, 5) is 28.0. The van der Waals surface area contributed by atoms with Crippen LogP contribution in [0.25, 0.3) is 0 Å². The summed E-state index contributed by atoms with van der Waals surface area (Å²) in [6, 6.07) is 20.9. The first-order valence-electron chi connectivity index (χ1n) is 9.28. The number of carbonyl (C=O) groups excluding carboxylic acids is 2. The van der Waals surface area contributed by atoms with Crippen LogP contribution in [-0.4, -0.2) is 23.2 Å². The zero-order valence-corrected chi connectivity index (χ0v) is 15.8. The van der Waals surface area contributed by atoms with Crippen LogP contribution in [-0.2, 0) is 6.42 Å². The Kier molecular flexibility index (Phi) is 6.52. The van der Waals surface area contributed by atoms with Crippen LogP contribution in [0.1, 0.15) is 39.6 Å². The summed E-state index contributed by atoms with van der Waals surface area (Å²) in [6.07, 6.45) is 3.36. The topological polar surface area (TPSA) is 71.1 Å². The molecule has 0 spiro atoms. The van der Waals surface area contributed by atoms with Crippen molar-refractivity contribution in [2.24, 2.45) is 0 Å². The first-order valence-corrected chi connectivity index (χ1v) is 9.28. The van der Waals surface area contributed by atoms with E-state index in [-0.39, 0.29) is 11.7 Å². The number of rotatable bonds is 8. The quantitative estimate of drug-likeness (QED) is 0.454. The number of Topliss-reactive ketones (excluding diaryl/α,β-unsaturated/α-hetero) is 1. The van der Waals surface area contributed by atoms with Crippen LogP contribution in [0.5, 0.6) is 0 Å². The van der Waals surface area contributed by atoms with Gasteiger partial charge < -0.3 is 10.6 Å². The molecule has 1 amide bonds. The molecule has 1 heterocycles. The maximum atomic E-state index is 12.2. The Balaban J connectivity index is 1.50. The highest BCUT2D eigenvalue weighted by molar-refractivity contribution is 5.95. The number of nitrogens with zero attached hydrogens (tertiary/aromatic N) is 1. The summed E-state index contributed by atoms with van der Waals surface area (Å²) in [5.74, 6) is 0.489. The summed E-state index contributed by atoms with van der Waals surface area (Å²) in [5, 5.41) is 6.06. The van der Waals surface area contributed by atoms with Gasteiger partial charge in [0.05, 0.1) is 5.56 Å². The van der Waals surface area contributed by atoms with Crippen LogP contribution in [0.15, 0.2) is 72.9 Å². The van der Waals surface area contributed by atoms with E-state index in [1.165, 1.54) is 12.5 Å². The molecule has 28 heavy (non-hydrogen) atoms. The number of carbonyl (C=O) groups is 2. The molecule has 142 valence electrons. The van der Waals surface area contributed by atoms with Gasteiger partial charge in [-0.2, -0.15) is 0 Å². The molecule has 0 radical (unpaired) electrons. The highest BCUT2D eigenvalue weighted by Gasteiger charge is 2.06. The van der Waals surface area contributed by atoms with Crippen molar-refractivity contribution in [3.05, 3.63) is 89.6 Å². The fraction of sp³-hybridized carbons (Fsp3) is 0.174. The molecule has 1 aromatic heterocycles. The number of ketones is 1. The maximum Gasteiger partial charge on any atom is 0.252 e. The summed E-state index contributed by atoms with van der Waals surface area (Å²) in [6.45, 7) is 2.15. The second-order valence-corrected chi connectivity index (χ2v) is 6.54. The fourth-order valence-corrected chi connectivity index (χ4v) is 2.81. The molecular weight excluding hydrogens is 350 g/mol. The zero-order valence-electron chi connectivity index (χ0n) is 15.8. The lowest BCUT2D eigenvalue weighted by Gasteiger charge is -2.08. The molecule has 0 fully saturated rings. The molecule has 2 N–H and O–H groups in total. The van der Waals surface area contributed by atoms with Gasteiger partial charge in [-0.3, -0.25) is 9.59 Å². The third-order valence-corrected chi connectivity index (χ3v) is 4.34. The van der Waals surface area contributed by atoms with Crippen LogP contribution in [0.2, 0.25) is 0 Å². The molecule has 2 aromatic carbocycles. The molecule has 0 aliphatic rings. The summed E-state index contributed by atoms with van der Waals surface area (Å²) < 4.78 is 0. The van der Waals surface area contributed by atoms with E-state index in [2.05, 4.69) is 27.8 Å². The maximum absolute atomic E-state index is 12.2. The lowest BCUT2D eigenvalue weighted by molar-refractivity contribution is 0.0952. The van der Waals surface area contributed by atoms with E-state index in [9.17, 15) is 9.59 Å². The molecule has 3 aromatic rings. The number of hydrogen-bond acceptors (Lipinski definition) is 4. The van der Waals surface area contributed by atoms with Crippen molar-refractivity contribution in [2.45, 2.75) is 19.8 Å². The predicted octanol–water partition coefficient (Wildman–Crippen LogP) is 4.39. The molecule has 0 aliphatic heterocycles. The molecule has 0 bridgehead atoms. The van der Waals surface area contributed by atoms with E-state index in [4.69, 9.17) is 0 Å². The lowest BCUT2D eigenvalue weighted by Crippen LogP contribution is -2.24. The minimum atomic E-state index is -0.134. The lowest BCUT2D eigenvalue weighted by atomic mass is 10.1. The van der Waals surface area contributed by atoms with Crippen molar-refractivity contribution in [1.82, 2.24) is 10.3 Å². The number of anilines is 2. The van der Waals surface area contributed by atoms with Gasteiger partial charge in [0.25, 0.3) is 5.91 Å². The SMILES string of the molecule is CC(=O)c1cccc(Nc2ccc(C(=O)NCCCc3ccccc3)cn2)c1.